The molecule has 31 heavy (non-hydrogen) atoms. The van der Waals surface area contributed by atoms with Gasteiger partial charge in [-0.15, -0.1) is 11.3 Å². The Labute approximate surface area is 183 Å². The highest BCUT2D eigenvalue weighted by molar-refractivity contribution is 7.14. The summed E-state index contributed by atoms with van der Waals surface area (Å²) in [4.78, 5) is 42.7. The summed E-state index contributed by atoms with van der Waals surface area (Å²) < 4.78 is 5.04. The van der Waals surface area contributed by atoms with Crippen LogP contribution in [0.1, 0.15) is 45.0 Å². The number of carbonyl (C=O) groups excluding carboxylic acids is 3. The van der Waals surface area contributed by atoms with Gasteiger partial charge in [0.15, 0.2) is 10.9 Å². The first kappa shape index (κ1) is 20.8. The predicted octanol–water partition coefficient (Wildman–Crippen LogP) is 3.08. The zero-order valence-electron chi connectivity index (χ0n) is 16.8. The Kier molecular flexibility index (Phi) is 6.42. The monoisotopic (exact) mass is 438 g/mol. The molecule has 8 nitrogen and oxygen atoms in total. The van der Waals surface area contributed by atoms with Gasteiger partial charge in [0, 0.05) is 30.6 Å². The summed E-state index contributed by atoms with van der Waals surface area (Å²) in [5, 5.41) is 7.63. The van der Waals surface area contributed by atoms with Crippen LogP contribution in [0.5, 0.6) is 0 Å². The molecule has 3 heterocycles. The van der Waals surface area contributed by atoms with Crippen LogP contribution in [0.15, 0.2) is 52.5 Å². The molecule has 4 rings (SSSR count). The Hall–Kier alpha value is -3.46. The number of aromatic nitrogens is 1. The molecule has 1 aliphatic heterocycles. The van der Waals surface area contributed by atoms with E-state index in [0.29, 0.717) is 22.9 Å². The fraction of sp³-hybridized carbons (Fsp3) is 0.273. The van der Waals surface area contributed by atoms with Gasteiger partial charge in [0.1, 0.15) is 0 Å². The summed E-state index contributed by atoms with van der Waals surface area (Å²) in [6, 6.07) is 10.5. The first-order valence-corrected chi connectivity index (χ1v) is 10.9. The number of hydrogen-bond acceptors (Lipinski definition) is 6. The second-order valence-corrected chi connectivity index (χ2v) is 8.08. The van der Waals surface area contributed by atoms with E-state index >= 15 is 0 Å². The van der Waals surface area contributed by atoms with E-state index in [0.717, 1.165) is 31.5 Å². The Morgan fingerprint density at radius 2 is 1.87 bits per heavy atom. The van der Waals surface area contributed by atoms with Gasteiger partial charge >= 0.3 is 0 Å². The van der Waals surface area contributed by atoms with Crippen LogP contribution in [0.25, 0.3) is 0 Å². The molecule has 1 aromatic carbocycles. The van der Waals surface area contributed by atoms with E-state index in [4.69, 9.17) is 4.42 Å². The van der Waals surface area contributed by atoms with Gasteiger partial charge in [0.25, 0.3) is 11.8 Å². The van der Waals surface area contributed by atoms with Gasteiger partial charge < -0.3 is 14.6 Å². The summed E-state index contributed by atoms with van der Waals surface area (Å²) in [6.45, 7) is 2.01. The summed E-state index contributed by atoms with van der Waals surface area (Å²) in [5.74, 6) is -0.303. The second-order valence-electron chi connectivity index (χ2n) is 7.23. The SMILES string of the molecule is O=C(Cc1csc(NC(=O)c2ccco2)n1)NCc1ccc(C(=O)N2CCCC2)cc1. The molecule has 1 fully saturated rings. The summed E-state index contributed by atoms with van der Waals surface area (Å²) in [5.41, 5.74) is 2.16. The van der Waals surface area contributed by atoms with E-state index in [1.807, 2.05) is 17.0 Å². The fourth-order valence-corrected chi connectivity index (χ4v) is 4.01. The highest BCUT2D eigenvalue weighted by Crippen LogP contribution is 2.17. The number of carbonyl (C=O) groups is 3. The van der Waals surface area contributed by atoms with Crippen molar-refractivity contribution in [2.24, 2.45) is 0 Å². The third kappa shape index (κ3) is 5.37. The minimum Gasteiger partial charge on any atom is -0.459 e. The van der Waals surface area contributed by atoms with Crippen LogP contribution in [0.3, 0.4) is 0 Å². The predicted molar refractivity (Wildman–Crippen MR) is 116 cm³/mol. The molecular formula is C22H22N4O4S. The van der Waals surface area contributed by atoms with Crippen molar-refractivity contribution in [1.29, 1.82) is 0 Å². The number of rotatable bonds is 7. The normalized spacial score (nSPS) is 13.2. The summed E-state index contributed by atoms with van der Waals surface area (Å²) in [6.07, 6.45) is 3.66. The lowest BCUT2D eigenvalue weighted by Gasteiger charge is -2.15. The van der Waals surface area contributed by atoms with Crippen LogP contribution >= 0.6 is 11.3 Å². The van der Waals surface area contributed by atoms with Gasteiger partial charge in [-0.1, -0.05) is 12.1 Å². The molecule has 160 valence electrons. The molecule has 2 N–H and O–H groups in total. The van der Waals surface area contributed by atoms with Crippen molar-refractivity contribution >= 4 is 34.2 Å². The van der Waals surface area contributed by atoms with Crippen LogP contribution in [-0.2, 0) is 17.8 Å². The smallest absolute Gasteiger partial charge is 0.293 e. The Bertz CT molecular complexity index is 1050. The highest BCUT2D eigenvalue weighted by Gasteiger charge is 2.19. The number of likely N-dealkylation sites (tertiary alicyclic amines) is 1. The van der Waals surface area contributed by atoms with E-state index in [9.17, 15) is 14.4 Å². The number of anilines is 1. The quantitative estimate of drug-likeness (QED) is 0.590. The van der Waals surface area contributed by atoms with Crippen LogP contribution in [0.2, 0.25) is 0 Å². The standard InChI is InChI=1S/C22H22N4O4S/c27-19(12-17-14-31-22(24-17)25-20(28)18-4-3-11-30-18)23-13-15-5-7-16(8-6-15)21(29)26-9-1-2-10-26/h3-8,11,14H,1-2,9-10,12-13H2,(H,23,27)(H,24,25,28). The van der Waals surface area contributed by atoms with Gasteiger partial charge in [0.05, 0.1) is 18.4 Å². The topological polar surface area (TPSA) is 105 Å². The van der Waals surface area contributed by atoms with E-state index in [-0.39, 0.29) is 29.9 Å². The lowest BCUT2D eigenvalue weighted by Crippen LogP contribution is -2.27. The average Bonchev–Trinajstić information content (AvgIpc) is 3.55. The third-order valence-corrected chi connectivity index (χ3v) is 5.75. The van der Waals surface area contributed by atoms with Crippen LogP contribution in [-0.4, -0.2) is 40.7 Å². The zero-order chi connectivity index (χ0) is 21.6. The number of hydrogen-bond donors (Lipinski definition) is 2. The molecular weight excluding hydrogens is 416 g/mol. The molecule has 0 atom stereocenters. The van der Waals surface area contributed by atoms with E-state index in [1.54, 1.807) is 29.6 Å². The van der Waals surface area contributed by atoms with E-state index in [2.05, 4.69) is 15.6 Å². The van der Waals surface area contributed by atoms with Gasteiger partial charge in [-0.3, -0.25) is 19.7 Å². The van der Waals surface area contributed by atoms with Crippen molar-refractivity contribution in [1.82, 2.24) is 15.2 Å². The molecule has 0 bridgehead atoms. The highest BCUT2D eigenvalue weighted by atomic mass is 32.1. The van der Waals surface area contributed by atoms with Gasteiger partial charge in [-0.2, -0.15) is 0 Å². The van der Waals surface area contributed by atoms with Crippen molar-refractivity contribution < 1.29 is 18.8 Å². The maximum atomic E-state index is 12.4. The minimum absolute atomic E-state index is 0.0616. The number of furan rings is 1. The average molecular weight is 439 g/mol. The molecule has 2 aromatic heterocycles. The molecule has 3 amide bonds. The lowest BCUT2D eigenvalue weighted by atomic mass is 10.1. The number of nitrogens with zero attached hydrogens (tertiary/aromatic N) is 2. The molecule has 0 radical (unpaired) electrons. The molecule has 1 aliphatic rings. The lowest BCUT2D eigenvalue weighted by molar-refractivity contribution is -0.120. The first-order valence-electron chi connectivity index (χ1n) is 10.0. The molecule has 3 aromatic rings. The maximum absolute atomic E-state index is 12.4. The van der Waals surface area contributed by atoms with Gasteiger partial charge in [0.2, 0.25) is 5.91 Å². The molecule has 0 aliphatic carbocycles. The van der Waals surface area contributed by atoms with Crippen LogP contribution < -0.4 is 10.6 Å². The Morgan fingerprint density at radius 1 is 1.10 bits per heavy atom. The fourth-order valence-electron chi connectivity index (χ4n) is 3.31. The summed E-state index contributed by atoms with van der Waals surface area (Å²) in [7, 11) is 0. The molecule has 9 heteroatoms. The number of amides is 3. The van der Waals surface area contributed by atoms with Crippen LogP contribution in [0, 0.1) is 0 Å². The zero-order valence-corrected chi connectivity index (χ0v) is 17.6. The van der Waals surface area contributed by atoms with Crippen molar-refractivity contribution in [2.45, 2.75) is 25.8 Å². The van der Waals surface area contributed by atoms with Crippen molar-refractivity contribution in [3.05, 3.63) is 70.6 Å². The van der Waals surface area contributed by atoms with Crippen LogP contribution in [0.4, 0.5) is 5.13 Å². The van der Waals surface area contributed by atoms with Crippen molar-refractivity contribution in [2.75, 3.05) is 18.4 Å². The first-order chi connectivity index (χ1) is 15.1. The molecule has 0 saturated carbocycles. The van der Waals surface area contributed by atoms with Gasteiger partial charge in [-0.05, 0) is 42.7 Å². The van der Waals surface area contributed by atoms with Crippen molar-refractivity contribution in [3.8, 4) is 0 Å². The second kappa shape index (κ2) is 9.57. The van der Waals surface area contributed by atoms with Crippen molar-refractivity contribution in [3.63, 3.8) is 0 Å². The molecule has 0 unspecified atom stereocenters. The van der Waals surface area contributed by atoms with E-state index in [1.165, 1.54) is 17.6 Å². The van der Waals surface area contributed by atoms with Gasteiger partial charge in [-0.25, -0.2) is 4.98 Å². The molecule has 1 saturated heterocycles. The number of thiazole rings is 1. The van der Waals surface area contributed by atoms with E-state index < -0.39 is 0 Å². The number of nitrogens with one attached hydrogen (secondary N) is 2. The number of benzene rings is 1. The Morgan fingerprint density at radius 3 is 2.58 bits per heavy atom. The largest absolute Gasteiger partial charge is 0.459 e. The Balaban J connectivity index is 1.24. The minimum atomic E-state index is -0.387. The summed E-state index contributed by atoms with van der Waals surface area (Å²) >= 11 is 1.25. The molecule has 0 spiro atoms. The maximum Gasteiger partial charge on any atom is 0.293 e. The third-order valence-electron chi connectivity index (χ3n) is 4.94.